The molecule has 0 fully saturated rings. The Morgan fingerprint density at radius 2 is 1.96 bits per heavy atom. The summed E-state index contributed by atoms with van der Waals surface area (Å²) < 4.78 is 16.2. The van der Waals surface area contributed by atoms with Crippen LogP contribution in [0.1, 0.15) is 24.0 Å². The maximum Gasteiger partial charge on any atom is 0.261 e. The normalized spacial score (nSPS) is 11.6. The zero-order valence-corrected chi connectivity index (χ0v) is 15.9. The largest absolute Gasteiger partial charge is 0.490 e. The molecular weight excluding hydrogens is 358 g/mol. The fraction of sp³-hybridized carbons (Fsp3) is 0.286. The highest BCUT2D eigenvalue weighted by molar-refractivity contribution is 5.88. The van der Waals surface area contributed by atoms with Crippen LogP contribution >= 0.6 is 0 Å². The molecule has 0 bridgehead atoms. The average molecular weight is 381 g/mol. The molecule has 146 valence electrons. The van der Waals surface area contributed by atoms with Gasteiger partial charge in [-0.1, -0.05) is 30.3 Å². The molecule has 0 aliphatic rings. The second kappa shape index (κ2) is 11.4. The van der Waals surface area contributed by atoms with Crippen molar-refractivity contribution in [2.24, 2.45) is 5.10 Å². The fourth-order valence-electron chi connectivity index (χ4n) is 2.39. The number of hydrogen-bond donors (Lipinski definition) is 1. The SMILES string of the molecule is CCOc1cc(/C=N\NC(=O)[C@H](C#N)c2ccccc2)ccc1OCCOC. The first-order chi connectivity index (χ1) is 13.7. The van der Waals surface area contributed by atoms with Gasteiger partial charge in [0.25, 0.3) is 5.91 Å². The van der Waals surface area contributed by atoms with Crippen molar-refractivity contribution >= 4 is 12.1 Å². The van der Waals surface area contributed by atoms with Crippen LogP contribution in [0.5, 0.6) is 11.5 Å². The van der Waals surface area contributed by atoms with E-state index in [4.69, 9.17) is 14.2 Å². The number of amides is 1. The summed E-state index contributed by atoms with van der Waals surface area (Å²) in [7, 11) is 1.61. The van der Waals surface area contributed by atoms with Gasteiger partial charge in [-0.2, -0.15) is 10.4 Å². The molecule has 0 spiro atoms. The summed E-state index contributed by atoms with van der Waals surface area (Å²) in [5.41, 5.74) is 3.75. The number of rotatable bonds is 10. The molecule has 0 unspecified atom stereocenters. The molecule has 0 aliphatic heterocycles. The number of benzene rings is 2. The Kier molecular flexibility index (Phi) is 8.50. The predicted octanol–water partition coefficient (Wildman–Crippen LogP) is 2.87. The lowest BCUT2D eigenvalue weighted by molar-refractivity contribution is -0.121. The number of hydrogen-bond acceptors (Lipinski definition) is 6. The first kappa shape index (κ1) is 20.9. The highest BCUT2D eigenvalue weighted by Gasteiger charge is 2.19. The monoisotopic (exact) mass is 381 g/mol. The Bertz CT molecular complexity index is 831. The van der Waals surface area contributed by atoms with Crippen molar-refractivity contribution in [1.82, 2.24) is 5.43 Å². The molecule has 0 saturated carbocycles. The molecule has 0 radical (unpaired) electrons. The standard InChI is InChI=1S/C21H23N3O4/c1-3-27-20-13-16(9-10-19(20)28-12-11-26-2)15-23-24-21(25)18(14-22)17-7-5-4-6-8-17/h4-10,13,15,18H,3,11-12H2,1-2H3,(H,24,25)/b23-15-/t18-/m1/s1. The van der Waals surface area contributed by atoms with Crippen LogP contribution in [0.15, 0.2) is 53.6 Å². The zero-order chi connectivity index (χ0) is 20.2. The van der Waals surface area contributed by atoms with Crippen LogP contribution in [0.4, 0.5) is 0 Å². The quantitative estimate of drug-likeness (QED) is 0.388. The van der Waals surface area contributed by atoms with Gasteiger partial charge in [0.1, 0.15) is 6.61 Å². The Morgan fingerprint density at radius 1 is 1.18 bits per heavy atom. The molecule has 2 aromatic carbocycles. The van der Waals surface area contributed by atoms with Gasteiger partial charge in [-0.15, -0.1) is 0 Å². The lowest BCUT2D eigenvalue weighted by Crippen LogP contribution is -2.24. The summed E-state index contributed by atoms with van der Waals surface area (Å²) >= 11 is 0. The molecule has 0 heterocycles. The number of nitrogens with zero attached hydrogens (tertiary/aromatic N) is 2. The Morgan fingerprint density at radius 3 is 2.64 bits per heavy atom. The molecule has 0 aliphatic carbocycles. The second-order valence-corrected chi connectivity index (χ2v) is 5.69. The van der Waals surface area contributed by atoms with Crippen molar-refractivity contribution in [3.8, 4) is 17.6 Å². The molecule has 1 amide bonds. The first-order valence-corrected chi connectivity index (χ1v) is 8.85. The molecular formula is C21H23N3O4. The summed E-state index contributed by atoms with van der Waals surface area (Å²) in [5, 5.41) is 13.2. The van der Waals surface area contributed by atoms with Gasteiger partial charge in [-0.05, 0) is 36.2 Å². The second-order valence-electron chi connectivity index (χ2n) is 5.69. The Balaban J connectivity index is 2.03. The van der Waals surface area contributed by atoms with Crippen LogP contribution in [0, 0.1) is 11.3 Å². The molecule has 2 aromatic rings. The summed E-state index contributed by atoms with van der Waals surface area (Å²) in [6.07, 6.45) is 1.48. The molecule has 28 heavy (non-hydrogen) atoms. The van der Waals surface area contributed by atoms with E-state index in [2.05, 4.69) is 10.5 Å². The zero-order valence-electron chi connectivity index (χ0n) is 15.9. The van der Waals surface area contributed by atoms with Gasteiger partial charge in [0.15, 0.2) is 17.4 Å². The molecule has 1 N–H and O–H groups in total. The number of carbonyl (C=O) groups is 1. The van der Waals surface area contributed by atoms with Crippen LogP contribution in [-0.2, 0) is 9.53 Å². The lowest BCUT2D eigenvalue weighted by Gasteiger charge is -2.12. The fourth-order valence-corrected chi connectivity index (χ4v) is 2.39. The highest BCUT2D eigenvalue weighted by Crippen LogP contribution is 2.28. The third-order valence-corrected chi connectivity index (χ3v) is 3.73. The molecule has 1 atom stereocenters. The van der Waals surface area contributed by atoms with E-state index in [0.29, 0.717) is 36.9 Å². The van der Waals surface area contributed by atoms with E-state index < -0.39 is 11.8 Å². The van der Waals surface area contributed by atoms with Crippen LogP contribution in [-0.4, -0.2) is 39.1 Å². The maximum absolute atomic E-state index is 12.2. The number of ether oxygens (including phenoxy) is 3. The van der Waals surface area contributed by atoms with Crippen molar-refractivity contribution < 1.29 is 19.0 Å². The predicted molar refractivity (Wildman–Crippen MR) is 106 cm³/mol. The van der Waals surface area contributed by atoms with E-state index >= 15 is 0 Å². The topological polar surface area (TPSA) is 92.9 Å². The molecule has 0 saturated heterocycles. The van der Waals surface area contributed by atoms with Crippen LogP contribution in [0.25, 0.3) is 0 Å². The van der Waals surface area contributed by atoms with E-state index in [1.807, 2.05) is 19.1 Å². The summed E-state index contributed by atoms with van der Waals surface area (Å²) in [4.78, 5) is 12.2. The maximum atomic E-state index is 12.2. The van der Waals surface area contributed by atoms with E-state index in [1.165, 1.54) is 6.21 Å². The van der Waals surface area contributed by atoms with Crippen molar-refractivity contribution in [1.29, 1.82) is 5.26 Å². The minimum absolute atomic E-state index is 0.412. The smallest absolute Gasteiger partial charge is 0.261 e. The van der Waals surface area contributed by atoms with Gasteiger partial charge in [0, 0.05) is 7.11 Å². The molecule has 0 aromatic heterocycles. The number of methoxy groups -OCH3 is 1. The van der Waals surface area contributed by atoms with Crippen molar-refractivity contribution in [3.05, 3.63) is 59.7 Å². The van der Waals surface area contributed by atoms with Gasteiger partial charge < -0.3 is 14.2 Å². The van der Waals surface area contributed by atoms with Gasteiger partial charge in [0.2, 0.25) is 0 Å². The number of carbonyl (C=O) groups excluding carboxylic acids is 1. The minimum Gasteiger partial charge on any atom is -0.490 e. The first-order valence-electron chi connectivity index (χ1n) is 8.85. The van der Waals surface area contributed by atoms with Crippen molar-refractivity contribution in [2.45, 2.75) is 12.8 Å². The summed E-state index contributed by atoms with van der Waals surface area (Å²) in [6.45, 7) is 3.25. The van der Waals surface area contributed by atoms with Gasteiger partial charge in [-0.3, -0.25) is 4.79 Å². The van der Waals surface area contributed by atoms with Gasteiger partial charge in [0.05, 0.1) is 25.5 Å². The third kappa shape index (κ3) is 6.11. The Hall–Kier alpha value is -3.37. The summed E-state index contributed by atoms with van der Waals surface area (Å²) in [5.74, 6) is -0.231. The van der Waals surface area contributed by atoms with Crippen LogP contribution < -0.4 is 14.9 Å². The van der Waals surface area contributed by atoms with E-state index in [1.54, 1.807) is 49.6 Å². The number of hydrazone groups is 1. The van der Waals surface area contributed by atoms with E-state index in [9.17, 15) is 10.1 Å². The molecule has 7 nitrogen and oxygen atoms in total. The van der Waals surface area contributed by atoms with Crippen molar-refractivity contribution in [3.63, 3.8) is 0 Å². The van der Waals surface area contributed by atoms with Crippen LogP contribution in [0.2, 0.25) is 0 Å². The van der Waals surface area contributed by atoms with Crippen molar-refractivity contribution in [2.75, 3.05) is 26.9 Å². The van der Waals surface area contributed by atoms with Gasteiger partial charge in [-0.25, -0.2) is 5.43 Å². The Labute approximate surface area is 164 Å². The highest BCUT2D eigenvalue weighted by atomic mass is 16.5. The minimum atomic E-state index is -0.922. The average Bonchev–Trinajstić information content (AvgIpc) is 2.71. The third-order valence-electron chi connectivity index (χ3n) is 3.73. The van der Waals surface area contributed by atoms with E-state index in [-0.39, 0.29) is 0 Å². The number of nitrogens with one attached hydrogen (secondary N) is 1. The number of nitriles is 1. The molecule has 7 heteroatoms. The lowest BCUT2D eigenvalue weighted by atomic mass is 10.0. The van der Waals surface area contributed by atoms with Gasteiger partial charge >= 0.3 is 0 Å². The van der Waals surface area contributed by atoms with Crippen LogP contribution in [0.3, 0.4) is 0 Å². The summed E-state index contributed by atoms with van der Waals surface area (Å²) in [6, 6.07) is 16.2. The molecule has 2 rings (SSSR count). The van der Waals surface area contributed by atoms with E-state index in [0.717, 1.165) is 5.56 Å².